The molecule has 7 heteroatoms. The fourth-order valence-corrected chi connectivity index (χ4v) is 3.10. The molecule has 0 radical (unpaired) electrons. The average Bonchev–Trinajstić information content (AvgIpc) is 2.66. The van der Waals surface area contributed by atoms with E-state index in [0.29, 0.717) is 32.7 Å². The molecule has 0 N–H and O–H groups in total. The summed E-state index contributed by atoms with van der Waals surface area (Å²) in [5, 5.41) is 0. The van der Waals surface area contributed by atoms with Crippen molar-refractivity contribution in [2.24, 2.45) is 0 Å². The summed E-state index contributed by atoms with van der Waals surface area (Å²) >= 11 is 0. The number of rotatable bonds is 6. The second-order valence-electron chi connectivity index (χ2n) is 6.50. The highest BCUT2D eigenvalue weighted by Crippen LogP contribution is 2.13. The smallest absolute Gasteiger partial charge is 0.250 e. The highest BCUT2D eigenvalue weighted by Gasteiger charge is 2.24. The van der Waals surface area contributed by atoms with E-state index in [1.807, 2.05) is 17.9 Å². The fraction of sp³-hybridized carbons (Fsp3) is 0.474. The molecule has 0 unspecified atom stereocenters. The summed E-state index contributed by atoms with van der Waals surface area (Å²) < 4.78 is 7.36. The van der Waals surface area contributed by atoms with Gasteiger partial charge in [0.15, 0.2) is 0 Å². The van der Waals surface area contributed by atoms with Crippen molar-refractivity contribution in [3.63, 3.8) is 0 Å². The molecule has 1 aliphatic heterocycles. The third kappa shape index (κ3) is 4.98. The van der Waals surface area contributed by atoms with Crippen molar-refractivity contribution >= 4 is 5.91 Å². The Kier molecular flexibility index (Phi) is 6.12. The van der Waals surface area contributed by atoms with Gasteiger partial charge >= 0.3 is 0 Å². The van der Waals surface area contributed by atoms with E-state index in [1.54, 1.807) is 29.2 Å². The predicted octanol–water partition coefficient (Wildman–Crippen LogP) is 1.20. The zero-order chi connectivity index (χ0) is 18.4. The van der Waals surface area contributed by atoms with Crippen LogP contribution in [0.15, 0.2) is 41.6 Å². The van der Waals surface area contributed by atoms with Gasteiger partial charge in [-0.25, -0.2) is 9.97 Å². The molecule has 0 bridgehead atoms. The lowest BCUT2D eigenvalue weighted by atomic mass is 10.1. The minimum absolute atomic E-state index is 0.0161. The van der Waals surface area contributed by atoms with Gasteiger partial charge in [0.05, 0.1) is 12.7 Å². The van der Waals surface area contributed by atoms with E-state index in [-0.39, 0.29) is 17.6 Å². The van der Waals surface area contributed by atoms with Crippen LogP contribution in [0, 0.1) is 6.92 Å². The van der Waals surface area contributed by atoms with E-state index in [4.69, 9.17) is 4.74 Å². The molecule has 1 aliphatic rings. The van der Waals surface area contributed by atoms with E-state index in [9.17, 15) is 9.59 Å². The molecular formula is C19H24N4O3. The van der Waals surface area contributed by atoms with Crippen molar-refractivity contribution in [2.75, 3.05) is 19.7 Å². The number of amides is 1. The first-order valence-corrected chi connectivity index (χ1v) is 8.94. The van der Waals surface area contributed by atoms with Gasteiger partial charge in [0, 0.05) is 49.7 Å². The second-order valence-corrected chi connectivity index (χ2v) is 6.50. The van der Waals surface area contributed by atoms with Gasteiger partial charge < -0.3 is 14.2 Å². The van der Waals surface area contributed by atoms with Crippen LogP contribution in [0.2, 0.25) is 0 Å². The van der Waals surface area contributed by atoms with Gasteiger partial charge in [-0.3, -0.25) is 9.59 Å². The molecule has 1 fully saturated rings. The largest absolute Gasteiger partial charge is 0.375 e. The molecule has 1 amide bonds. The minimum Gasteiger partial charge on any atom is -0.375 e. The van der Waals surface area contributed by atoms with Crippen molar-refractivity contribution in [3.05, 3.63) is 58.5 Å². The van der Waals surface area contributed by atoms with Crippen molar-refractivity contribution in [2.45, 2.75) is 38.8 Å². The number of carbonyl (C=O) groups excluding carboxylic acids is 1. The monoisotopic (exact) mass is 356 g/mol. The van der Waals surface area contributed by atoms with E-state index in [0.717, 1.165) is 24.2 Å². The number of ether oxygens (including phenoxy) is 1. The summed E-state index contributed by atoms with van der Waals surface area (Å²) in [6, 6.07) is 6.98. The molecule has 0 spiro atoms. The maximum absolute atomic E-state index is 12.5. The molecule has 26 heavy (non-hydrogen) atoms. The summed E-state index contributed by atoms with van der Waals surface area (Å²) in [6.45, 7) is 4.09. The van der Waals surface area contributed by atoms with Crippen LogP contribution in [0.25, 0.3) is 0 Å². The molecule has 2 aromatic rings. The van der Waals surface area contributed by atoms with Crippen molar-refractivity contribution in [3.8, 4) is 0 Å². The molecule has 7 nitrogen and oxygen atoms in total. The van der Waals surface area contributed by atoms with Crippen molar-refractivity contribution in [1.29, 1.82) is 0 Å². The summed E-state index contributed by atoms with van der Waals surface area (Å²) in [5.74, 6) is 0.0620. The first-order chi connectivity index (χ1) is 12.6. The molecule has 0 aliphatic carbocycles. The van der Waals surface area contributed by atoms with Crippen LogP contribution in [0.3, 0.4) is 0 Å². The van der Waals surface area contributed by atoms with Crippen LogP contribution >= 0.6 is 0 Å². The number of aromatic nitrogens is 3. The SMILES string of the molecule is Cc1cc(CC[C@H]2CN(C(=O)CCn3ccccc3=O)CCO2)ncn1. The number of hydrogen-bond donors (Lipinski definition) is 0. The lowest BCUT2D eigenvalue weighted by molar-refractivity contribution is -0.139. The van der Waals surface area contributed by atoms with Crippen LogP contribution in [0.1, 0.15) is 24.2 Å². The lowest BCUT2D eigenvalue weighted by Gasteiger charge is -2.33. The van der Waals surface area contributed by atoms with E-state index < -0.39 is 0 Å². The molecule has 3 heterocycles. The quantitative estimate of drug-likeness (QED) is 0.777. The van der Waals surface area contributed by atoms with Crippen molar-refractivity contribution < 1.29 is 9.53 Å². The van der Waals surface area contributed by atoms with E-state index in [1.165, 1.54) is 6.07 Å². The number of hydrogen-bond acceptors (Lipinski definition) is 5. The van der Waals surface area contributed by atoms with Crippen LogP contribution < -0.4 is 5.56 Å². The maximum Gasteiger partial charge on any atom is 0.250 e. The normalized spacial score (nSPS) is 17.3. The van der Waals surface area contributed by atoms with Crippen molar-refractivity contribution in [1.82, 2.24) is 19.4 Å². The Morgan fingerprint density at radius 3 is 3.04 bits per heavy atom. The van der Waals surface area contributed by atoms with Crippen LogP contribution in [0.4, 0.5) is 0 Å². The Labute approximate surface area is 152 Å². The Balaban J connectivity index is 1.48. The Bertz CT molecular complexity index is 805. The molecule has 1 atom stereocenters. The molecule has 1 saturated heterocycles. The summed E-state index contributed by atoms with van der Waals surface area (Å²) in [6.07, 6.45) is 5.24. The molecule has 2 aromatic heterocycles. The first kappa shape index (κ1) is 18.3. The summed E-state index contributed by atoms with van der Waals surface area (Å²) in [5.41, 5.74) is 1.86. The predicted molar refractivity (Wildman–Crippen MR) is 96.7 cm³/mol. The first-order valence-electron chi connectivity index (χ1n) is 8.94. The number of nitrogens with zero attached hydrogens (tertiary/aromatic N) is 4. The molecule has 3 rings (SSSR count). The highest BCUT2D eigenvalue weighted by atomic mass is 16.5. The number of morpholine rings is 1. The Hall–Kier alpha value is -2.54. The average molecular weight is 356 g/mol. The van der Waals surface area contributed by atoms with Crippen LogP contribution in [-0.2, 0) is 22.5 Å². The zero-order valence-corrected chi connectivity index (χ0v) is 15.0. The van der Waals surface area contributed by atoms with Gasteiger partial charge in [-0.15, -0.1) is 0 Å². The molecule has 138 valence electrons. The van der Waals surface area contributed by atoms with Gasteiger partial charge in [-0.1, -0.05) is 6.07 Å². The zero-order valence-electron chi connectivity index (χ0n) is 15.0. The van der Waals surface area contributed by atoms with Gasteiger partial charge in [0.2, 0.25) is 5.91 Å². The summed E-state index contributed by atoms with van der Waals surface area (Å²) in [7, 11) is 0. The number of carbonyl (C=O) groups is 1. The van der Waals surface area contributed by atoms with Crippen LogP contribution in [-0.4, -0.2) is 51.1 Å². The maximum atomic E-state index is 12.5. The molecular weight excluding hydrogens is 332 g/mol. The molecule has 0 aromatic carbocycles. The Morgan fingerprint density at radius 1 is 1.35 bits per heavy atom. The molecule has 0 saturated carbocycles. The number of aryl methyl sites for hydroxylation is 3. The van der Waals surface area contributed by atoms with Crippen LogP contribution in [0.5, 0.6) is 0 Å². The van der Waals surface area contributed by atoms with E-state index >= 15 is 0 Å². The van der Waals surface area contributed by atoms with Gasteiger partial charge in [-0.05, 0) is 31.9 Å². The number of pyridine rings is 1. The summed E-state index contributed by atoms with van der Waals surface area (Å²) in [4.78, 5) is 34.4. The lowest BCUT2D eigenvalue weighted by Crippen LogP contribution is -2.46. The third-order valence-electron chi connectivity index (χ3n) is 4.54. The standard InChI is InChI=1S/C19H24N4O3/c1-15-12-16(21-14-20-15)5-6-17-13-23(10-11-26-17)19(25)7-9-22-8-3-2-4-18(22)24/h2-4,8,12,14,17H,5-7,9-11,13H2,1H3/t17-/m0/s1. The van der Waals surface area contributed by atoms with E-state index in [2.05, 4.69) is 9.97 Å². The Morgan fingerprint density at radius 2 is 2.23 bits per heavy atom. The fourth-order valence-electron chi connectivity index (χ4n) is 3.10. The third-order valence-corrected chi connectivity index (χ3v) is 4.54. The minimum atomic E-state index is -0.0831. The second kappa shape index (κ2) is 8.71. The van der Waals surface area contributed by atoms with Gasteiger partial charge in [-0.2, -0.15) is 0 Å². The highest BCUT2D eigenvalue weighted by molar-refractivity contribution is 5.76. The van der Waals surface area contributed by atoms with Gasteiger partial charge in [0.25, 0.3) is 5.56 Å². The van der Waals surface area contributed by atoms with Gasteiger partial charge in [0.1, 0.15) is 6.33 Å². The topological polar surface area (TPSA) is 77.3 Å².